The van der Waals surface area contributed by atoms with Gasteiger partial charge in [-0.3, -0.25) is 19.7 Å². The number of nitrogens with zero attached hydrogens (tertiary/aromatic N) is 3. The summed E-state index contributed by atoms with van der Waals surface area (Å²) in [7, 11) is 0. The lowest BCUT2D eigenvalue weighted by Crippen LogP contribution is -2.34. The zero-order chi connectivity index (χ0) is 24.2. The van der Waals surface area contributed by atoms with Gasteiger partial charge in [-0.2, -0.15) is 4.98 Å². The van der Waals surface area contributed by atoms with Crippen LogP contribution in [-0.4, -0.2) is 40.0 Å². The van der Waals surface area contributed by atoms with Crippen LogP contribution in [0.25, 0.3) is 11.4 Å². The van der Waals surface area contributed by atoms with E-state index in [2.05, 4.69) is 41.5 Å². The Morgan fingerprint density at radius 1 is 1.06 bits per heavy atom. The molecule has 10 nitrogen and oxygen atoms in total. The van der Waals surface area contributed by atoms with E-state index in [1.807, 2.05) is 24.3 Å². The number of benzene rings is 2. The number of nitrogens with one attached hydrogen (secondary N) is 2. The van der Waals surface area contributed by atoms with Gasteiger partial charge in [0.05, 0.1) is 15.5 Å². The molecule has 33 heavy (non-hydrogen) atoms. The summed E-state index contributed by atoms with van der Waals surface area (Å²) in [5.41, 5.74) is 1.77. The molecule has 11 heteroatoms. The number of halogens is 1. The largest absolute Gasteiger partial charge is 0.350 e. The summed E-state index contributed by atoms with van der Waals surface area (Å²) in [4.78, 5) is 38.7. The molecule has 0 fully saturated rings. The fraction of sp³-hybridized carbons (Fsp3) is 0.273. The number of carbonyl (C=O) groups is 2. The molecule has 0 atom stereocenters. The van der Waals surface area contributed by atoms with E-state index in [1.165, 1.54) is 12.1 Å². The molecule has 0 aliphatic carbocycles. The molecule has 2 amide bonds. The second-order valence-electron chi connectivity index (χ2n) is 8.18. The van der Waals surface area contributed by atoms with Crippen molar-refractivity contribution in [1.82, 2.24) is 20.8 Å². The maximum atomic E-state index is 12.2. The van der Waals surface area contributed by atoms with E-state index >= 15 is 0 Å². The van der Waals surface area contributed by atoms with Gasteiger partial charge in [0.15, 0.2) is 0 Å². The first-order valence-electron chi connectivity index (χ1n) is 10.0. The molecule has 1 heterocycles. The topological polar surface area (TPSA) is 140 Å². The maximum absolute atomic E-state index is 12.2. The normalized spacial score (nSPS) is 11.2. The summed E-state index contributed by atoms with van der Waals surface area (Å²) in [6.07, 6.45) is 0. The smallest absolute Gasteiger partial charge is 0.316 e. The Hall–Kier alpha value is -3.79. The van der Waals surface area contributed by atoms with Gasteiger partial charge >= 0.3 is 11.8 Å². The van der Waals surface area contributed by atoms with Crippen LogP contribution in [0, 0.1) is 10.1 Å². The minimum atomic E-state index is -0.604. The molecular formula is C22H22ClN5O5. The SMILES string of the molecule is CC(C)(C)c1ccc(-c2noc(C(=O)NCCNC(=O)c3ccc([N+](=O)[O-])cc3Cl)n2)cc1. The van der Waals surface area contributed by atoms with E-state index in [4.69, 9.17) is 16.1 Å². The molecule has 3 aromatic rings. The molecule has 0 spiro atoms. The van der Waals surface area contributed by atoms with Gasteiger partial charge in [0.25, 0.3) is 11.6 Å². The van der Waals surface area contributed by atoms with Crippen LogP contribution in [0.15, 0.2) is 47.0 Å². The molecule has 2 aromatic carbocycles. The van der Waals surface area contributed by atoms with Crippen molar-refractivity contribution >= 4 is 29.1 Å². The average Bonchev–Trinajstić information content (AvgIpc) is 3.26. The molecule has 172 valence electrons. The van der Waals surface area contributed by atoms with Crippen LogP contribution >= 0.6 is 11.6 Å². The van der Waals surface area contributed by atoms with Gasteiger partial charge in [-0.1, -0.05) is 61.8 Å². The average molecular weight is 472 g/mol. The first-order chi connectivity index (χ1) is 15.6. The monoisotopic (exact) mass is 471 g/mol. The number of carbonyl (C=O) groups excluding carboxylic acids is 2. The van der Waals surface area contributed by atoms with Gasteiger partial charge in [-0.15, -0.1) is 0 Å². The van der Waals surface area contributed by atoms with E-state index < -0.39 is 16.7 Å². The van der Waals surface area contributed by atoms with E-state index in [1.54, 1.807) is 0 Å². The first kappa shape index (κ1) is 23.9. The summed E-state index contributed by atoms with van der Waals surface area (Å²) in [5, 5.41) is 19.7. The highest BCUT2D eigenvalue weighted by Gasteiger charge is 2.18. The fourth-order valence-corrected chi connectivity index (χ4v) is 3.14. The summed E-state index contributed by atoms with van der Waals surface area (Å²) < 4.78 is 5.04. The number of hydrogen-bond donors (Lipinski definition) is 2. The van der Waals surface area contributed by atoms with Crippen LogP contribution in [0.1, 0.15) is 47.4 Å². The van der Waals surface area contributed by atoms with Crippen LogP contribution in [-0.2, 0) is 5.41 Å². The van der Waals surface area contributed by atoms with Gasteiger partial charge in [0.1, 0.15) is 0 Å². The third kappa shape index (κ3) is 5.92. The number of rotatable bonds is 7. The Kier molecular flexibility index (Phi) is 7.07. The zero-order valence-electron chi connectivity index (χ0n) is 18.2. The van der Waals surface area contributed by atoms with Crippen LogP contribution in [0.3, 0.4) is 0 Å². The quantitative estimate of drug-likeness (QED) is 0.303. The molecule has 0 saturated carbocycles. The number of amides is 2. The van der Waals surface area contributed by atoms with E-state index in [0.717, 1.165) is 17.2 Å². The highest BCUT2D eigenvalue weighted by Crippen LogP contribution is 2.25. The number of aromatic nitrogens is 2. The van der Waals surface area contributed by atoms with Crippen LogP contribution in [0.5, 0.6) is 0 Å². The molecular weight excluding hydrogens is 450 g/mol. The fourth-order valence-electron chi connectivity index (χ4n) is 2.88. The lowest BCUT2D eigenvalue weighted by molar-refractivity contribution is -0.384. The van der Waals surface area contributed by atoms with Gasteiger partial charge < -0.3 is 15.2 Å². The van der Waals surface area contributed by atoms with Crippen LogP contribution in [0.2, 0.25) is 5.02 Å². The predicted octanol–water partition coefficient (Wildman–Crippen LogP) is 3.76. The Labute approximate surface area is 194 Å². The highest BCUT2D eigenvalue weighted by atomic mass is 35.5. The highest BCUT2D eigenvalue weighted by molar-refractivity contribution is 6.34. The van der Waals surface area contributed by atoms with Gasteiger partial charge in [-0.05, 0) is 17.0 Å². The Morgan fingerprint density at radius 3 is 2.27 bits per heavy atom. The Morgan fingerprint density at radius 2 is 1.70 bits per heavy atom. The van der Waals surface area contributed by atoms with Crippen LogP contribution in [0.4, 0.5) is 5.69 Å². The van der Waals surface area contributed by atoms with Gasteiger partial charge in [0, 0.05) is 30.8 Å². The number of nitro benzene ring substituents is 1. The molecule has 0 saturated heterocycles. The Balaban J connectivity index is 1.51. The third-order valence-electron chi connectivity index (χ3n) is 4.73. The molecule has 0 aliphatic heterocycles. The number of non-ortho nitro benzene ring substituents is 1. The molecule has 0 unspecified atom stereocenters. The van der Waals surface area contributed by atoms with Crippen molar-refractivity contribution < 1.29 is 19.0 Å². The molecule has 0 radical (unpaired) electrons. The molecule has 0 aliphatic rings. The molecule has 1 aromatic heterocycles. The maximum Gasteiger partial charge on any atom is 0.316 e. The second kappa shape index (κ2) is 9.78. The van der Waals surface area contributed by atoms with E-state index in [9.17, 15) is 19.7 Å². The third-order valence-corrected chi connectivity index (χ3v) is 5.05. The lowest BCUT2D eigenvalue weighted by Gasteiger charge is -2.18. The summed E-state index contributed by atoms with van der Waals surface area (Å²) in [6.45, 7) is 6.52. The summed E-state index contributed by atoms with van der Waals surface area (Å²) in [5.74, 6) is -1.01. The lowest BCUT2D eigenvalue weighted by atomic mass is 9.87. The van der Waals surface area contributed by atoms with Crippen LogP contribution < -0.4 is 10.6 Å². The van der Waals surface area contributed by atoms with Crippen molar-refractivity contribution in [3.05, 3.63) is 74.6 Å². The predicted molar refractivity (Wildman–Crippen MR) is 121 cm³/mol. The van der Waals surface area contributed by atoms with E-state index in [-0.39, 0.29) is 40.7 Å². The van der Waals surface area contributed by atoms with Crippen molar-refractivity contribution in [2.24, 2.45) is 0 Å². The summed E-state index contributed by atoms with van der Waals surface area (Å²) in [6, 6.07) is 11.2. The van der Waals surface area contributed by atoms with Crippen molar-refractivity contribution in [2.75, 3.05) is 13.1 Å². The minimum absolute atomic E-state index is 0.0139. The molecule has 2 N–H and O–H groups in total. The number of nitro groups is 1. The van der Waals surface area contributed by atoms with Crippen molar-refractivity contribution in [3.8, 4) is 11.4 Å². The Bertz CT molecular complexity index is 1180. The summed E-state index contributed by atoms with van der Waals surface area (Å²) >= 11 is 5.93. The van der Waals surface area contributed by atoms with Gasteiger partial charge in [-0.25, -0.2) is 0 Å². The molecule has 0 bridgehead atoms. The number of hydrogen-bond acceptors (Lipinski definition) is 7. The first-order valence-corrected chi connectivity index (χ1v) is 10.4. The van der Waals surface area contributed by atoms with Crippen molar-refractivity contribution in [1.29, 1.82) is 0 Å². The minimum Gasteiger partial charge on any atom is -0.350 e. The van der Waals surface area contributed by atoms with Crippen molar-refractivity contribution in [3.63, 3.8) is 0 Å². The van der Waals surface area contributed by atoms with Crippen molar-refractivity contribution in [2.45, 2.75) is 26.2 Å². The standard InChI is InChI=1S/C22H22ClN5O5/c1-22(2,3)14-6-4-13(5-7-14)18-26-21(33-27-18)20(30)25-11-10-24-19(29)16-9-8-15(28(31)32)12-17(16)23/h4-9,12H,10-11H2,1-3H3,(H,24,29)(H,25,30). The van der Waals surface area contributed by atoms with E-state index in [0.29, 0.717) is 5.82 Å². The molecule has 3 rings (SSSR count). The second-order valence-corrected chi connectivity index (χ2v) is 8.59. The van der Waals surface area contributed by atoms with Gasteiger partial charge in [0.2, 0.25) is 5.82 Å². The zero-order valence-corrected chi connectivity index (χ0v) is 19.0.